The predicted octanol–water partition coefficient (Wildman–Crippen LogP) is 4.23. The minimum Gasteiger partial charge on any atom is -0.303 e. The van der Waals surface area contributed by atoms with E-state index < -0.39 is 11.2 Å². The van der Waals surface area contributed by atoms with Crippen LogP contribution in [0.3, 0.4) is 0 Å². The van der Waals surface area contributed by atoms with Crippen molar-refractivity contribution in [1.82, 2.24) is 19.1 Å². The van der Waals surface area contributed by atoms with Gasteiger partial charge in [0.2, 0.25) is 5.95 Å². The Morgan fingerprint density at radius 3 is 2.68 bits per heavy atom. The van der Waals surface area contributed by atoms with Gasteiger partial charge in [-0.2, -0.15) is 10.1 Å². The van der Waals surface area contributed by atoms with Crippen LogP contribution < -0.4 is 16.7 Å². The van der Waals surface area contributed by atoms with Crippen molar-refractivity contribution < 1.29 is 0 Å². The summed E-state index contributed by atoms with van der Waals surface area (Å²) in [4.78, 5) is 31.3. The molecule has 0 saturated carbocycles. The van der Waals surface area contributed by atoms with Crippen LogP contribution >= 0.6 is 15.9 Å². The van der Waals surface area contributed by atoms with E-state index in [2.05, 4.69) is 43.3 Å². The van der Waals surface area contributed by atoms with Crippen LogP contribution in [0.2, 0.25) is 0 Å². The number of anilines is 1. The lowest BCUT2D eigenvalue weighted by Gasteiger charge is -2.08. The maximum atomic E-state index is 12.5. The summed E-state index contributed by atoms with van der Waals surface area (Å²) in [6.45, 7) is 2.79. The summed E-state index contributed by atoms with van der Waals surface area (Å²) >= 11 is 3.48. The number of allylic oxidation sites excluding steroid dienone is 1. The van der Waals surface area contributed by atoms with E-state index >= 15 is 0 Å². The zero-order valence-electron chi connectivity index (χ0n) is 17.8. The number of hydrogen-bond acceptors (Lipinski definition) is 5. The third-order valence-corrected chi connectivity index (χ3v) is 5.38. The lowest BCUT2D eigenvalue weighted by atomic mass is 10.1. The van der Waals surface area contributed by atoms with Crippen molar-refractivity contribution in [2.75, 3.05) is 5.43 Å². The number of halogens is 1. The van der Waals surface area contributed by atoms with Gasteiger partial charge in [0.05, 0.1) is 6.21 Å². The van der Waals surface area contributed by atoms with E-state index in [9.17, 15) is 9.59 Å². The summed E-state index contributed by atoms with van der Waals surface area (Å²) in [5.41, 5.74) is 3.74. The molecule has 2 heterocycles. The number of nitrogens with zero attached hydrogens (tertiary/aromatic N) is 4. The predicted molar refractivity (Wildman–Crippen MR) is 130 cm³/mol. The first-order valence-electron chi connectivity index (χ1n) is 10.4. The summed E-state index contributed by atoms with van der Waals surface area (Å²) in [7, 11) is 1.59. The average molecular weight is 487 g/mol. The normalized spacial score (nSPS) is 12.2. The van der Waals surface area contributed by atoms with Crippen LogP contribution in [0.4, 0.5) is 5.95 Å². The Bertz CT molecular complexity index is 1190. The van der Waals surface area contributed by atoms with E-state index in [-0.39, 0.29) is 0 Å². The van der Waals surface area contributed by atoms with Gasteiger partial charge in [-0.15, -0.1) is 0 Å². The largest absolute Gasteiger partial charge is 0.329 e. The first-order chi connectivity index (χ1) is 15.0. The number of nitrogens with one attached hydrogen (secondary N) is 2. The molecular formula is C22H27BrN6O2. The Morgan fingerprint density at radius 1 is 1.19 bits per heavy atom. The van der Waals surface area contributed by atoms with Gasteiger partial charge < -0.3 is 4.57 Å². The van der Waals surface area contributed by atoms with Crippen molar-refractivity contribution in [3.8, 4) is 0 Å². The van der Waals surface area contributed by atoms with E-state index in [0.717, 1.165) is 29.3 Å². The van der Waals surface area contributed by atoms with Crippen LogP contribution in [-0.4, -0.2) is 25.3 Å². The second kappa shape index (κ2) is 10.9. The second-order valence-corrected chi connectivity index (χ2v) is 8.22. The maximum absolute atomic E-state index is 12.5. The van der Waals surface area contributed by atoms with Crippen molar-refractivity contribution in [3.05, 3.63) is 61.2 Å². The van der Waals surface area contributed by atoms with E-state index in [1.54, 1.807) is 17.8 Å². The van der Waals surface area contributed by atoms with Crippen molar-refractivity contribution in [2.24, 2.45) is 12.1 Å². The molecule has 164 valence electrons. The third-order valence-electron chi connectivity index (χ3n) is 4.95. The fraction of sp³-hybridized carbons (Fsp3) is 0.364. The summed E-state index contributed by atoms with van der Waals surface area (Å²) in [6, 6.07) is 9.88. The number of fused-ring (bicyclic) bond motifs is 1. The molecule has 2 N–H and O–H groups in total. The molecule has 2 aromatic heterocycles. The third kappa shape index (κ3) is 5.81. The Morgan fingerprint density at radius 2 is 1.94 bits per heavy atom. The molecule has 3 aromatic rings. The molecular weight excluding hydrogens is 460 g/mol. The molecule has 0 aliphatic heterocycles. The number of H-pyrrole nitrogens is 1. The quantitative estimate of drug-likeness (QED) is 0.254. The highest BCUT2D eigenvalue weighted by Gasteiger charge is 2.16. The van der Waals surface area contributed by atoms with Crippen molar-refractivity contribution in [1.29, 1.82) is 0 Å². The number of rotatable bonds is 10. The molecule has 0 bridgehead atoms. The zero-order chi connectivity index (χ0) is 22.2. The Hall–Kier alpha value is -2.94. The highest BCUT2D eigenvalue weighted by Crippen LogP contribution is 2.17. The molecule has 1 aromatic carbocycles. The number of imidazole rings is 1. The maximum Gasteiger partial charge on any atom is 0.329 e. The minimum absolute atomic E-state index is 0.332. The highest BCUT2D eigenvalue weighted by atomic mass is 79.9. The van der Waals surface area contributed by atoms with E-state index in [0.29, 0.717) is 23.7 Å². The molecule has 31 heavy (non-hydrogen) atoms. The van der Waals surface area contributed by atoms with Gasteiger partial charge in [-0.25, -0.2) is 10.2 Å². The summed E-state index contributed by atoms with van der Waals surface area (Å²) in [5, 5.41) is 4.26. The molecule has 0 amide bonds. The molecule has 0 saturated heterocycles. The van der Waals surface area contributed by atoms with Crippen LogP contribution in [0, 0.1) is 0 Å². The molecule has 0 unspecified atom stereocenters. The first kappa shape index (κ1) is 22.7. The Balaban J connectivity index is 1.85. The van der Waals surface area contributed by atoms with Crippen LogP contribution in [0.15, 0.2) is 49.5 Å². The number of aromatic nitrogens is 4. The summed E-state index contributed by atoms with van der Waals surface area (Å²) < 4.78 is 3.91. The standard InChI is InChI=1S/C22H27BrN6O2/c1-3-4-5-6-10-13-29-18-19(28(2)22(31)26-20(18)30)25-21(29)27-24-15-17(23)14-16-11-8-7-9-12-16/h7-9,11-12,14-15H,3-6,10,13H2,1-2H3,(H,25,27)(H,26,30,31)/b17-14-,24-15-. The zero-order valence-corrected chi connectivity index (χ0v) is 19.4. The van der Waals surface area contributed by atoms with Crippen LogP contribution in [0.25, 0.3) is 17.2 Å². The molecule has 0 atom stereocenters. The Kier molecular flexibility index (Phi) is 8.00. The van der Waals surface area contributed by atoms with Gasteiger partial charge in [-0.05, 0) is 34.0 Å². The van der Waals surface area contributed by atoms with E-state index in [1.165, 1.54) is 17.4 Å². The molecule has 8 nitrogen and oxygen atoms in total. The van der Waals surface area contributed by atoms with Gasteiger partial charge in [0.1, 0.15) is 0 Å². The SMILES string of the molecule is CCCCCCCn1c(N/N=C\C(Br)=C\c2ccccc2)nc2c1c(=O)[nH]c(=O)n2C. The van der Waals surface area contributed by atoms with Crippen LogP contribution in [0.1, 0.15) is 44.6 Å². The number of unbranched alkanes of at least 4 members (excludes halogenated alkanes) is 4. The van der Waals surface area contributed by atoms with Gasteiger partial charge >= 0.3 is 5.69 Å². The number of aromatic amines is 1. The van der Waals surface area contributed by atoms with Crippen molar-refractivity contribution in [2.45, 2.75) is 45.6 Å². The molecule has 0 spiro atoms. The fourth-order valence-corrected chi connectivity index (χ4v) is 3.68. The lowest BCUT2D eigenvalue weighted by Crippen LogP contribution is -2.29. The Labute approximate surface area is 188 Å². The fourth-order valence-electron chi connectivity index (χ4n) is 3.31. The molecule has 9 heteroatoms. The average Bonchev–Trinajstić information content (AvgIpc) is 3.12. The van der Waals surface area contributed by atoms with E-state index in [4.69, 9.17) is 0 Å². The van der Waals surface area contributed by atoms with Gasteiger partial charge in [0.25, 0.3) is 5.56 Å². The lowest BCUT2D eigenvalue weighted by molar-refractivity contribution is 0.577. The monoisotopic (exact) mass is 486 g/mol. The summed E-state index contributed by atoms with van der Waals surface area (Å²) in [5.74, 6) is 0.424. The molecule has 0 aliphatic rings. The van der Waals surface area contributed by atoms with Crippen LogP contribution in [0.5, 0.6) is 0 Å². The smallest absolute Gasteiger partial charge is 0.303 e. The van der Waals surface area contributed by atoms with Gasteiger partial charge in [0, 0.05) is 18.1 Å². The number of hydrogen-bond donors (Lipinski definition) is 2. The first-order valence-corrected chi connectivity index (χ1v) is 11.2. The van der Waals surface area contributed by atoms with Crippen molar-refractivity contribution in [3.63, 3.8) is 0 Å². The molecule has 0 radical (unpaired) electrons. The molecule has 0 fully saturated rings. The summed E-state index contributed by atoms with van der Waals surface area (Å²) in [6.07, 6.45) is 9.04. The van der Waals surface area contributed by atoms with Crippen molar-refractivity contribution >= 4 is 45.3 Å². The van der Waals surface area contributed by atoms with Gasteiger partial charge in [-0.1, -0.05) is 62.9 Å². The number of hydrazone groups is 1. The molecule has 3 rings (SSSR count). The highest BCUT2D eigenvalue weighted by molar-refractivity contribution is 9.12. The number of benzene rings is 1. The topological polar surface area (TPSA) is 97.1 Å². The van der Waals surface area contributed by atoms with Crippen LogP contribution in [-0.2, 0) is 13.6 Å². The second-order valence-electron chi connectivity index (χ2n) is 7.30. The minimum atomic E-state index is -0.492. The van der Waals surface area contributed by atoms with Gasteiger partial charge in [0.15, 0.2) is 11.2 Å². The molecule has 0 aliphatic carbocycles. The van der Waals surface area contributed by atoms with E-state index in [1.807, 2.05) is 36.4 Å². The number of aryl methyl sites for hydroxylation is 2. The van der Waals surface area contributed by atoms with Gasteiger partial charge in [-0.3, -0.25) is 14.3 Å².